The van der Waals surface area contributed by atoms with E-state index in [0.29, 0.717) is 0 Å². The SMILES string of the molecule is CC(CCc1ccccc1)=C1CC2C(C1)[C@H]1CC[C@@H]2C1. The number of allylic oxidation sites excluding steroid dienone is 2. The van der Waals surface area contributed by atoms with Gasteiger partial charge in [0.25, 0.3) is 0 Å². The summed E-state index contributed by atoms with van der Waals surface area (Å²) in [5.41, 5.74) is 5.04. The van der Waals surface area contributed by atoms with Crippen LogP contribution in [-0.4, -0.2) is 0 Å². The van der Waals surface area contributed by atoms with Crippen LogP contribution in [0.1, 0.15) is 51.0 Å². The topological polar surface area (TPSA) is 0 Å². The van der Waals surface area contributed by atoms with Crippen LogP contribution in [0.5, 0.6) is 0 Å². The Hall–Kier alpha value is -1.04. The summed E-state index contributed by atoms with van der Waals surface area (Å²) >= 11 is 0. The Morgan fingerprint density at radius 3 is 2.30 bits per heavy atom. The Morgan fingerprint density at radius 2 is 1.65 bits per heavy atom. The molecule has 0 aromatic heterocycles. The smallest absolute Gasteiger partial charge is 0.0241 e. The van der Waals surface area contributed by atoms with Crippen molar-refractivity contribution in [1.82, 2.24) is 0 Å². The summed E-state index contributed by atoms with van der Waals surface area (Å²) in [6, 6.07) is 11.0. The number of fused-ring (bicyclic) bond motifs is 5. The van der Waals surface area contributed by atoms with Crippen LogP contribution in [0.3, 0.4) is 0 Å². The van der Waals surface area contributed by atoms with Gasteiger partial charge in [-0.1, -0.05) is 41.5 Å². The maximum absolute atomic E-state index is 2.40. The van der Waals surface area contributed by atoms with Gasteiger partial charge >= 0.3 is 0 Å². The number of benzene rings is 1. The van der Waals surface area contributed by atoms with Crippen molar-refractivity contribution in [2.24, 2.45) is 23.7 Å². The van der Waals surface area contributed by atoms with E-state index >= 15 is 0 Å². The van der Waals surface area contributed by atoms with Crippen molar-refractivity contribution in [2.75, 3.05) is 0 Å². The highest BCUT2D eigenvalue weighted by molar-refractivity contribution is 5.23. The first-order chi connectivity index (χ1) is 9.81. The maximum atomic E-state index is 2.40. The Kier molecular flexibility index (Phi) is 3.21. The van der Waals surface area contributed by atoms with Gasteiger partial charge in [-0.05, 0) is 81.1 Å². The second-order valence-electron chi connectivity index (χ2n) is 7.44. The third kappa shape index (κ3) is 2.14. The molecule has 0 saturated heterocycles. The molecule has 0 N–H and O–H groups in total. The van der Waals surface area contributed by atoms with Gasteiger partial charge in [0.15, 0.2) is 0 Å². The fourth-order valence-corrected chi connectivity index (χ4v) is 5.32. The Labute approximate surface area is 123 Å². The number of hydrogen-bond acceptors (Lipinski definition) is 0. The fourth-order valence-electron chi connectivity index (χ4n) is 5.32. The maximum Gasteiger partial charge on any atom is -0.0241 e. The molecule has 0 aliphatic heterocycles. The van der Waals surface area contributed by atoms with Crippen LogP contribution in [-0.2, 0) is 6.42 Å². The van der Waals surface area contributed by atoms with Crippen molar-refractivity contribution in [1.29, 1.82) is 0 Å². The van der Waals surface area contributed by atoms with Crippen LogP contribution < -0.4 is 0 Å². The second kappa shape index (κ2) is 5.06. The van der Waals surface area contributed by atoms with Crippen LogP contribution in [0.25, 0.3) is 0 Å². The highest BCUT2D eigenvalue weighted by Gasteiger charge is 2.50. The number of aryl methyl sites for hydroxylation is 1. The van der Waals surface area contributed by atoms with E-state index < -0.39 is 0 Å². The van der Waals surface area contributed by atoms with Crippen LogP contribution in [0.15, 0.2) is 41.5 Å². The molecule has 3 fully saturated rings. The molecule has 0 nitrogen and oxygen atoms in total. The van der Waals surface area contributed by atoms with E-state index in [9.17, 15) is 0 Å². The molecule has 3 aliphatic rings. The normalized spacial score (nSPS) is 37.2. The van der Waals surface area contributed by atoms with E-state index in [1.807, 2.05) is 5.57 Å². The first-order valence-electron chi connectivity index (χ1n) is 8.52. The van der Waals surface area contributed by atoms with E-state index in [-0.39, 0.29) is 0 Å². The molecule has 0 heterocycles. The molecule has 2 unspecified atom stereocenters. The average Bonchev–Trinajstić information content (AvgIpc) is 3.17. The third-order valence-corrected chi connectivity index (χ3v) is 6.47. The standard InChI is InChI=1S/C20H26/c1-14(7-8-15-5-3-2-4-6-15)18-12-19-16-9-10-17(11-16)20(19)13-18/h2-6,16-17,19-20H,7-13H2,1H3/t16-,17+,19?,20?. The van der Waals surface area contributed by atoms with Gasteiger partial charge < -0.3 is 0 Å². The Morgan fingerprint density at radius 1 is 1.00 bits per heavy atom. The van der Waals surface area contributed by atoms with Gasteiger partial charge in [0.2, 0.25) is 0 Å². The van der Waals surface area contributed by atoms with Crippen LogP contribution in [0.4, 0.5) is 0 Å². The lowest BCUT2D eigenvalue weighted by molar-refractivity contribution is 0.259. The lowest BCUT2D eigenvalue weighted by atomic mass is 9.82. The van der Waals surface area contributed by atoms with Gasteiger partial charge in [-0.25, -0.2) is 0 Å². The Balaban J connectivity index is 1.42. The van der Waals surface area contributed by atoms with E-state index in [1.165, 1.54) is 31.2 Å². The van der Waals surface area contributed by atoms with Crippen LogP contribution >= 0.6 is 0 Å². The third-order valence-electron chi connectivity index (χ3n) is 6.47. The van der Waals surface area contributed by atoms with E-state index in [0.717, 1.165) is 23.7 Å². The zero-order chi connectivity index (χ0) is 13.5. The quantitative estimate of drug-likeness (QED) is 0.643. The molecular weight excluding hydrogens is 240 g/mol. The minimum atomic E-state index is 1.08. The van der Waals surface area contributed by atoms with E-state index in [2.05, 4.69) is 37.3 Å². The molecule has 0 amide bonds. The highest BCUT2D eigenvalue weighted by atomic mass is 14.5. The molecule has 106 valence electrons. The number of hydrogen-bond donors (Lipinski definition) is 0. The summed E-state index contributed by atoms with van der Waals surface area (Å²) in [6.07, 6.45) is 10.1. The highest BCUT2D eigenvalue weighted by Crippen LogP contribution is 2.60. The summed E-state index contributed by atoms with van der Waals surface area (Å²) in [7, 11) is 0. The molecule has 0 radical (unpaired) electrons. The number of rotatable bonds is 3. The minimum absolute atomic E-state index is 1.08. The van der Waals surface area contributed by atoms with E-state index in [4.69, 9.17) is 0 Å². The first-order valence-corrected chi connectivity index (χ1v) is 8.52. The van der Waals surface area contributed by atoms with Crippen molar-refractivity contribution >= 4 is 0 Å². The summed E-state index contributed by atoms with van der Waals surface area (Å²) in [5.74, 6) is 4.36. The summed E-state index contributed by atoms with van der Waals surface area (Å²) in [6.45, 7) is 2.40. The van der Waals surface area contributed by atoms with Gasteiger partial charge in [-0.3, -0.25) is 0 Å². The molecule has 3 saturated carbocycles. The predicted octanol–water partition coefficient (Wildman–Crippen LogP) is 5.39. The summed E-state index contributed by atoms with van der Waals surface area (Å²) in [5, 5.41) is 0. The Bertz CT molecular complexity index is 490. The van der Waals surface area contributed by atoms with Crippen molar-refractivity contribution in [2.45, 2.75) is 51.9 Å². The molecule has 4 rings (SSSR count). The molecule has 0 spiro atoms. The molecule has 4 atom stereocenters. The van der Waals surface area contributed by atoms with Gasteiger partial charge in [0.1, 0.15) is 0 Å². The largest absolute Gasteiger partial charge is 0.0738 e. The zero-order valence-electron chi connectivity index (χ0n) is 12.6. The van der Waals surface area contributed by atoms with Gasteiger partial charge in [-0.2, -0.15) is 0 Å². The lowest BCUT2D eigenvalue weighted by Gasteiger charge is -2.23. The molecule has 3 aliphatic carbocycles. The minimum Gasteiger partial charge on any atom is -0.0738 e. The monoisotopic (exact) mass is 266 g/mol. The molecule has 0 heteroatoms. The molecular formula is C20H26. The molecule has 1 aromatic carbocycles. The van der Waals surface area contributed by atoms with Gasteiger partial charge in [0, 0.05) is 0 Å². The van der Waals surface area contributed by atoms with Crippen LogP contribution in [0.2, 0.25) is 0 Å². The zero-order valence-corrected chi connectivity index (χ0v) is 12.6. The van der Waals surface area contributed by atoms with Crippen molar-refractivity contribution < 1.29 is 0 Å². The molecule has 2 bridgehead atoms. The van der Waals surface area contributed by atoms with Crippen LogP contribution in [0, 0.1) is 23.7 Å². The van der Waals surface area contributed by atoms with Gasteiger partial charge in [0.05, 0.1) is 0 Å². The van der Waals surface area contributed by atoms with Crippen molar-refractivity contribution in [3.05, 3.63) is 47.0 Å². The lowest BCUT2D eigenvalue weighted by Crippen LogP contribution is -2.15. The van der Waals surface area contributed by atoms with E-state index in [1.54, 1.807) is 24.8 Å². The van der Waals surface area contributed by atoms with Crippen molar-refractivity contribution in [3.63, 3.8) is 0 Å². The van der Waals surface area contributed by atoms with Crippen molar-refractivity contribution in [3.8, 4) is 0 Å². The summed E-state index contributed by atoms with van der Waals surface area (Å²) in [4.78, 5) is 0. The van der Waals surface area contributed by atoms with Gasteiger partial charge in [-0.15, -0.1) is 0 Å². The summed E-state index contributed by atoms with van der Waals surface area (Å²) < 4.78 is 0. The first kappa shape index (κ1) is 12.7. The predicted molar refractivity (Wildman–Crippen MR) is 84.5 cm³/mol. The molecule has 1 aromatic rings. The second-order valence-corrected chi connectivity index (χ2v) is 7.44. The average molecular weight is 266 g/mol. The fraction of sp³-hybridized carbons (Fsp3) is 0.600. The molecule has 20 heavy (non-hydrogen) atoms.